The van der Waals surface area contributed by atoms with Gasteiger partial charge < -0.3 is 32.3 Å². The Morgan fingerprint density at radius 2 is 1.59 bits per heavy atom. The van der Waals surface area contributed by atoms with Gasteiger partial charge in [-0.15, -0.1) is 0 Å². The molecular weight excluding hydrogens is 478 g/mol. The van der Waals surface area contributed by atoms with E-state index in [0.717, 1.165) is 64.0 Å². The first-order valence-corrected chi connectivity index (χ1v) is 12.5. The number of carbonyl (C=O) groups is 1. The summed E-state index contributed by atoms with van der Waals surface area (Å²) in [5.41, 5.74) is 7.40. The van der Waals surface area contributed by atoms with E-state index < -0.39 is 12.0 Å². The second-order valence-corrected chi connectivity index (χ2v) is 9.05. The second-order valence-electron chi connectivity index (χ2n) is 8.23. The number of anilines is 2. The molecule has 186 valence electrons. The average Bonchev–Trinajstić information content (AvgIpc) is 2.82. The van der Waals surface area contributed by atoms with Gasteiger partial charge in [-0.25, -0.2) is 4.39 Å². The quantitative estimate of drug-likeness (QED) is 0.214. The highest BCUT2D eigenvalue weighted by molar-refractivity contribution is 6.42. The fourth-order valence-electron chi connectivity index (χ4n) is 3.69. The maximum absolute atomic E-state index is 14.6. The summed E-state index contributed by atoms with van der Waals surface area (Å²) in [5.74, 6) is -0.812. The molecule has 0 radical (unpaired) electrons. The molecule has 0 saturated heterocycles. The lowest BCUT2D eigenvalue weighted by atomic mass is 10.0. The summed E-state index contributed by atoms with van der Waals surface area (Å²) in [6.45, 7) is 5.14. The first-order chi connectivity index (χ1) is 16.5. The van der Waals surface area contributed by atoms with E-state index in [1.807, 2.05) is 0 Å². The van der Waals surface area contributed by atoms with Crippen molar-refractivity contribution >= 4 is 40.5 Å². The van der Waals surface area contributed by atoms with E-state index in [1.54, 1.807) is 24.3 Å². The Hall–Kier alpha value is -2.10. The molecular formula is C24H33Cl2FN6O. The number of carbonyl (C=O) groups excluding carboxylic acids is 1. The summed E-state index contributed by atoms with van der Waals surface area (Å²) in [7, 11) is 0. The third-order valence-electron chi connectivity index (χ3n) is 5.56. The number of halogens is 3. The minimum absolute atomic E-state index is 0.263. The van der Waals surface area contributed by atoms with Crippen LogP contribution in [0.15, 0.2) is 30.3 Å². The van der Waals surface area contributed by atoms with Gasteiger partial charge in [-0.1, -0.05) is 29.3 Å². The van der Waals surface area contributed by atoms with Gasteiger partial charge >= 0.3 is 0 Å². The number of unbranched alkanes of at least 4 members (excludes halogenated alkanes) is 1. The Morgan fingerprint density at radius 1 is 0.882 bits per heavy atom. The van der Waals surface area contributed by atoms with Gasteiger partial charge in [-0.05, 0) is 88.2 Å². The number of rotatable bonds is 14. The Labute approximate surface area is 210 Å². The zero-order valence-corrected chi connectivity index (χ0v) is 20.7. The summed E-state index contributed by atoms with van der Waals surface area (Å²) in [4.78, 5) is 12.5. The molecule has 34 heavy (non-hydrogen) atoms. The minimum atomic E-state index is -0.492. The van der Waals surface area contributed by atoms with Crippen LogP contribution in [0.25, 0.3) is 0 Å². The molecule has 1 aliphatic rings. The van der Waals surface area contributed by atoms with Crippen LogP contribution in [0.3, 0.4) is 0 Å². The highest BCUT2D eigenvalue weighted by atomic mass is 35.5. The molecule has 10 heteroatoms. The second kappa shape index (κ2) is 13.7. The number of amides is 1. The Morgan fingerprint density at radius 3 is 2.29 bits per heavy atom. The molecule has 2 aromatic carbocycles. The molecule has 0 aliphatic carbocycles. The summed E-state index contributed by atoms with van der Waals surface area (Å²) in [5, 5.41) is 16.8. The van der Waals surface area contributed by atoms with Crippen molar-refractivity contribution in [1.82, 2.24) is 16.0 Å². The maximum atomic E-state index is 14.6. The molecule has 0 spiro atoms. The first kappa shape index (κ1) is 26.5. The van der Waals surface area contributed by atoms with E-state index in [4.69, 9.17) is 28.9 Å². The topological polar surface area (TPSA) is 103 Å². The summed E-state index contributed by atoms with van der Waals surface area (Å²) >= 11 is 12.1. The van der Waals surface area contributed by atoms with Gasteiger partial charge in [0.25, 0.3) is 5.91 Å². The van der Waals surface area contributed by atoms with Crippen LogP contribution in [0, 0.1) is 5.82 Å². The number of hydrogen-bond donors (Lipinski definition) is 6. The molecule has 1 heterocycles. The van der Waals surface area contributed by atoms with E-state index in [9.17, 15) is 9.18 Å². The molecule has 1 unspecified atom stereocenters. The molecule has 0 bridgehead atoms. The highest BCUT2D eigenvalue weighted by Crippen LogP contribution is 2.33. The molecule has 1 aliphatic heterocycles. The van der Waals surface area contributed by atoms with Crippen LogP contribution >= 0.6 is 23.2 Å². The largest absolute Gasteiger partial charge is 0.383 e. The van der Waals surface area contributed by atoms with Crippen LogP contribution in [-0.4, -0.2) is 45.2 Å². The lowest BCUT2D eigenvalue weighted by Crippen LogP contribution is -2.38. The SMILES string of the molecule is NCCCNCCCCNCCCNc1cc2c(cc1F)C(=O)NC(c1ccc(Cl)c(Cl)c1)N2. The predicted octanol–water partition coefficient (Wildman–Crippen LogP) is 4.10. The molecule has 0 saturated carbocycles. The van der Waals surface area contributed by atoms with E-state index in [-0.39, 0.29) is 11.5 Å². The van der Waals surface area contributed by atoms with E-state index >= 15 is 0 Å². The van der Waals surface area contributed by atoms with Gasteiger partial charge in [0.1, 0.15) is 12.0 Å². The van der Waals surface area contributed by atoms with Crippen molar-refractivity contribution in [2.45, 2.75) is 31.8 Å². The third kappa shape index (κ3) is 7.71. The van der Waals surface area contributed by atoms with Gasteiger partial charge in [0.2, 0.25) is 0 Å². The Balaban J connectivity index is 1.44. The fourth-order valence-corrected chi connectivity index (χ4v) is 4.00. The van der Waals surface area contributed by atoms with Gasteiger partial charge in [0.15, 0.2) is 0 Å². The van der Waals surface area contributed by atoms with E-state index in [0.29, 0.717) is 28.0 Å². The normalized spacial score (nSPS) is 14.9. The van der Waals surface area contributed by atoms with Crippen LogP contribution in [0.5, 0.6) is 0 Å². The average molecular weight is 511 g/mol. The predicted molar refractivity (Wildman–Crippen MR) is 138 cm³/mol. The monoisotopic (exact) mass is 510 g/mol. The van der Waals surface area contributed by atoms with Crippen LogP contribution < -0.4 is 32.3 Å². The molecule has 0 fully saturated rings. The van der Waals surface area contributed by atoms with Crippen LogP contribution in [0.2, 0.25) is 10.0 Å². The van der Waals surface area contributed by atoms with E-state index in [1.165, 1.54) is 6.07 Å². The molecule has 1 atom stereocenters. The van der Waals surface area contributed by atoms with Crippen LogP contribution in [0.1, 0.15) is 47.8 Å². The fraction of sp³-hybridized carbons (Fsp3) is 0.458. The molecule has 3 rings (SSSR count). The van der Waals surface area contributed by atoms with Crippen LogP contribution in [0.4, 0.5) is 15.8 Å². The molecule has 1 amide bonds. The van der Waals surface area contributed by atoms with Crippen molar-refractivity contribution < 1.29 is 9.18 Å². The minimum Gasteiger partial charge on any atom is -0.383 e. The first-order valence-electron chi connectivity index (χ1n) is 11.7. The van der Waals surface area contributed by atoms with Gasteiger partial charge in [0, 0.05) is 6.54 Å². The summed E-state index contributed by atoms with van der Waals surface area (Å²) in [6, 6.07) is 8.05. The standard InChI is InChI=1S/C24H33Cl2FN6O/c25-18-6-5-16(13-19(18)26)23-32-21-15-22(20(27)14-17(21)24(34)33-23)31-12-4-11-30-9-2-1-8-29-10-3-7-28/h5-6,13-15,23,29-32H,1-4,7-12,28H2,(H,33,34). The smallest absolute Gasteiger partial charge is 0.255 e. The van der Waals surface area contributed by atoms with Crippen molar-refractivity contribution in [2.24, 2.45) is 5.73 Å². The maximum Gasteiger partial charge on any atom is 0.255 e. The molecule has 0 aromatic heterocycles. The van der Waals surface area contributed by atoms with Crippen molar-refractivity contribution in [1.29, 1.82) is 0 Å². The molecule has 2 aromatic rings. The van der Waals surface area contributed by atoms with Crippen molar-refractivity contribution in [3.05, 3.63) is 57.3 Å². The van der Waals surface area contributed by atoms with E-state index in [2.05, 4.69) is 26.6 Å². The number of nitrogens with one attached hydrogen (secondary N) is 5. The zero-order chi connectivity index (χ0) is 24.3. The lowest BCUT2D eigenvalue weighted by Gasteiger charge is -2.29. The van der Waals surface area contributed by atoms with Crippen molar-refractivity contribution in [2.75, 3.05) is 49.9 Å². The zero-order valence-electron chi connectivity index (χ0n) is 19.2. The van der Waals surface area contributed by atoms with Crippen molar-refractivity contribution in [3.63, 3.8) is 0 Å². The Bertz CT molecular complexity index is 961. The Kier molecular flexibility index (Phi) is 10.7. The van der Waals surface area contributed by atoms with Crippen molar-refractivity contribution in [3.8, 4) is 0 Å². The number of benzene rings is 2. The molecule has 7 nitrogen and oxygen atoms in total. The number of hydrogen-bond acceptors (Lipinski definition) is 6. The van der Waals surface area contributed by atoms with Crippen LogP contribution in [-0.2, 0) is 0 Å². The van der Waals surface area contributed by atoms with Gasteiger partial charge in [-0.3, -0.25) is 4.79 Å². The number of nitrogens with two attached hydrogens (primary N) is 1. The lowest BCUT2D eigenvalue weighted by molar-refractivity contribution is 0.0935. The summed E-state index contributed by atoms with van der Waals surface area (Å²) in [6.07, 6.45) is 3.60. The molecule has 7 N–H and O–H groups in total. The third-order valence-corrected chi connectivity index (χ3v) is 6.30. The van der Waals surface area contributed by atoms with Gasteiger partial charge in [0.05, 0.1) is 27.0 Å². The number of fused-ring (bicyclic) bond motifs is 1. The highest BCUT2D eigenvalue weighted by Gasteiger charge is 2.26. The summed E-state index contributed by atoms with van der Waals surface area (Å²) < 4.78 is 14.6. The van der Waals surface area contributed by atoms with Gasteiger partial charge in [-0.2, -0.15) is 0 Å².